The number of hydrogen-bond acceptors (Lipinski definition) is 5. The fourth-order valence-corrected chi connectivity index (χ4v) is 3.54. The number of halogens is 1. The van der Waals surface area contributed by atoms with Crippen molar-refractivity contribution in [1.29, 1.82) is 0 Å². The Balaban J connectivity index is 1.43. The van der Waals surface area contributed by atoms with E-state index in [0.29, 0.717) is 23.8 Å². The Labute approximate surface area is 184 Å². The highest BCUT2D eigenvalue weighted by molar-refractivity contribution is 7.14. The zero-order valence-electron chi connectivity index (χ0n) is 17.4. The fourth-order valence-electron chi connectivity index (χ4n) is 2.84. The topological polar surface area (TPSA) is 80.3 Å². The van der Waals surface area contributed by atoms with Gasteiger partial charge in [-0.15, -0.1) is 11.3 Å². The normalized spacial score (nSPS) is 10.7. The van der Waals surface area contributed by atoms with Gasteiger partial charge in [0.2, 0.25) is 5.91 Å². The molecule has 0 aliphatic heterocycles. The molecular formula is C23H24FN3O3S. The van der Waals surface area contributed by atoms with E-state index in [0.717, 1.165) is 11.3 Å². The fraction of sp³-hybridized carbons (Fsp3) is 0.261. The van der Waals surface area contributed by atoms with E-state index in [-0.39, 0.29) is 24.0 Å². The monoisotopic (exact) mass is 441 g/mol. The molecule has 0 bridgehead atoms. The SMILES string of the molecule is CC(C)Oc1ccc(CCNC(=O)Cc2csc(NC(=O)c3ccccc3F)n2)cc1. The second-order valence-corrected chi connectivity index (χ2v) is 8.02. The Bertz CT molecular complexity index is 1030. The number of thiazole rings is 1. The molecule has 6 nitrogen and oxygen atoms in total. The minimum atomic E-state index is -0.599. The third-order valence-corrected chi connectivity index (χ3v) is 5.07. The van der Waals surface area contributed by atoms with Crippen molar-refractivity contribution < 1.29 is 18.7 Å². The van der Waals surface area contributed by atoms with Gasteiger partial charge in [-0.1, -0.05) is 24.3 Å². The molecule has 2 N–H and O–H groups in total. The summed E-state index contributed by atoms with van der Waals surface area (Å²) in [5.41, 5.74) is 1.59. The van der Waals surface area contributed by atoms with Gasteiger partial charge in [0.1, 0.15) is 11.6 Å². The second-order valence-electron chi connectivity index (χ2n) is 7.17. The van der Waals surface area contributed by atoms with E-state index in [1.807, 2.05) is 38.1 Å². The van der Waals surface area contributed by atoms with Crippen LogP contribution in [0.25, 0.3) is 0 Å². The molecule has 0 atom stereocenters. The summed E-state index contributed by atoms with van der Waals surface area (Å²) in [5.74, 6) is -0.507. The van der Waals surface area contributed by atoms with Gasteiger partial charge in [0, 0.05) is 11.9 Å². The first-order chi connectivity index (χ1) is 14.9. The molecule has 0 saturated carbocycles. The molecule has 0 aliphatic rings. The summed E-state index contributed by atoms with van der Waals surface area (Å²) in [6.45, 7) is 4.46. The number of amides is 2. The summed E-state index contributed by atoms with van der Waals surface area (Å²) in [4.78, 5) is 28.6. The number of carbonyl (C=O) groups is 2. The van der Waals surface area contributed by atoms with Crippen molar-refractivity contribution in [1.82, 2.24) is 10.3 Å². The lowest BCUT2D eigenvalue weighted by atomic mass is 10.1. The van der Waals surface area contributed by atoms with Gasteiger partial charge in [-0.05, 0) is 50.1 Å². The Hall–Kier alpha value is -3.26. The summed E-state index contributed by atoms with van der Waals surface area (Å²) in [6.07, 6.45) is 0.936. The number of carbonyl (C=O) groups excluding carboxylic acids is 2. The van der Waals surface area contributed by atoms with E-state index in [1.165, 1.54) is 29.5 Å². The molecule has 31 heavy (non-hydrogen) atoms. The smallest absolute Gasteiger partial charge is 0.260 e. The number of benzene rings is 2. The Morgan fingerprint density at radius 3 is 2.58 bits per heavy atom. The van der Waals surface area contributed by atoms with Crippen LogP contribution in [0.2, 0.25) is 0 Å². The molecule has 0 radical (unpaired) electrons. The van der Waals surface area contributed by atoms with Crippen molar-refractivity contribution >= 4 is 28.3 Å². The molecule has 0 spiro atoms. The van der Waals surface area contributed by atoms with Gasteiger partial charge in [0.15, 0.2) is 5.13 Å². The van der Waals surface area contributed by atoms with Crippen molar-refractivity contribution in [3.63, 3.8) is 0 Å². The van der Waals surface area contributed by atoms with Crippen LogP contribution in [-0.2, 0) is 17.6 Å². The van der Waals surface area contributed by atoms with Crippen LogP contribution >= 0.6 is 11.3 Å². The van der Waals surface area contributed by atoms with Crippen LogP contribution in [0.15, 0.2) is 53.9 Å². The number of hydrogen-bond donors (Lipinski definition) is 2. The average Bonchev–Trinajstić information content (AvgIpc) is 3.15. The van der Waals surface area contributed by atoms with Gasteiger partial charge >= 0.3 is 0 Å². The lowest BCUT2D eigenvalue weighted by Crippen LogP contribution is -2.27. The van der Waals surface area contributed by atoms with E-state index < -0.39 is 11.7 Å². The maximum absolute atomic E-state index is 13.7. The number of aromatic nitrogens is 1. The summed E-state index contributed by atoms with van der Waals surface area (Å²) < 4.78 is 19.3. The lowest BCUT2D eigenvalue weighted by molar-refractivity contribution is -0.120. The van der Waals surface area contributed by atoms with Gasteiger partial charge in [-0.2, -0.15) is 0 Å². The lowest BCUT2D eigenvalue weighted by Gasteiger charge is -2.10. The highest BCUT2D eigenvalue weighted by Gasteiger charge is 2.14. The zero-order valence-corrected chi connectivity index (χ0v) is 18.2. The molecular weight excluding hydrogens is 417 g/mol. The molecule has 2 amide bonds. The molecule has 2 aromatic carbocycles. The second kappa shape index (κ2) is 10.7. The van der Waals surface area contributed by atoms with Crippen LogP contribution in [0.5, 0.6) is 5.75 Å². The quantitative estimate of drug-likeness (QED) is 0.521. The molecule has 8 heteroatoms. The third-order valence-electron chi connectivity index (χ3n) is 4.26. The van der Waals surface area contributed by atoms with E-state index in [9.17, 15) is 14.0 Å². The van der Waals surface area contributed by atoms with Gasteiger partial charge in [-0.3, -0.25) is 14.9 Å². The molecule has 162 valence electrons. The summed E-state index contributed by atoms with van der Waals surface area (Å²) in [5, 5.41) is 7.45. The Morgan fingerprint density at radius 1 is 1.13 bits per heavy atom. The van der Waals surface area contributed by atoms with Crippen molar-refractivity contribution in [3.8, 4) is 5.75 Å². The van der Waals surface area contributed by atoms with Crippen LogP contribution in [0.4, 0.5) is 9.52 Å². The number of rotatable bonds is 9. The van der Waals surface area contributed by atoms with Crippen LogP contribution in [0, 0.1) is 5.82 Å². The summed E-state index contributed by atoms with van der Waals surface area (Å²) in [6, 6.07) is 13.5. The molecule has 0 fully saturated rings. The summed E-state index contributed by atoms with van der Waals surface area (Å²) in [7, 11) is 0. The predicted molar refractivity (Wildman–Crippen MR) is 119 cm³/mol. The molecule has 0 saturated heterocycles. The van der Waals surface area contributed by atoms with Crippen LogP contribution in [-0.4, -0.2) is 29.4 Å². The molecule has 1 aromatic heterocycles. The van der Waals surface area contributed by atoms with Gasteiger partial charge in [0.05, 0.1) is 23.8 Å². The van der Waals surface area contributed by atoms with E-state index >= 15 is 0 Å². The predicted octanol–water partition coefficient (Wildman–Crippen LogP) is 4.22. The Kier molecular flexibility index (Phi) is 7.72. The van der Waals surface area contributed by atoms with Crippen molar-refractivity contribution in [2.75, 3.05) is 11.9 Å². The van der Waals surface area contributed by atoms with E-state index in [2.05, 4.69) is 15.6 Å². The third kappa shape index (κ3) is 6.89. The largest absolute Gasteiger partial charge is 0.491 e. The van der Waals surface area contributed by atoms with Crippen molar-refractivity contribution in [3.05, 3.63) is 76.5 Å². The molecule has 0 unspecified atom stereocenters. The summed E-state index contributed by atoms with van der Waals surface area (Å²) >= 11 is 1.19. The van der Waals surface area contributed by atoms with Crippen LogP contribution in [0.3, 0.4) is 0 Å². The highest BCUT2D eigenvalue weighted by atomic mass is 32.1. The maximum Gasteiger partial charge on any atom is 0.260 e. The standard InChI is InChI=1S/C23H24FN3O3S/c1-15(2)30-18-9-7-16(8-10-18)11-12-25-21(28)13-17-14-31-23(26-17)27-22(29)19-5-3-4-6-20(19)24/h3-10,14-15H,11-13H2,1-2H3,(H,25,28)(H,26,27,29). The van der Waals surface area contributed by atoms with E-state index in [4.69, 9.17) is 4.74 Å². The van der Waals surface area contributed by atoms with Crippen molar-refractivity contribution in [2.24, 2.45) is 0 Å². The first-order valence-electron chi connectivity index (χ1n) is 9.93. The van der Waals surface area contributed by atoms with Crippen LogP contribution in [0.1, 0.15) is 35.5 Å². The number of anilines is 1. The number of nitrogens with one attached hydrogen (secondary N) is 2. The highest BCUT2D eigenvalue weighted by Crippen LogP contribution is 2.18. The maximum atomic E-state index is 13.7. The number of nitrogens with zero attached hydrogens (tertiary/aromatic N) is 1. The average molecular weight is 442 g/mol. The zero-order chi connectivity index (χ0) is 22.2. The Morgan fingerprint density at radius 2 is 1.87 bits per heavy atom. The molecule has 3 rings (SSSR count). The van der Waals surface area contributed by atoms with E-state index in [1.54, 1.807) is 11.4 Å². The first-order valence-corrected chi connectivity index (χ1v) is 10.8. The number of ether oxygens (including phenoxy) is 1. The minimum absolute atomic E-state index is 0.0548. The molecule has 0 aliphatic carbocycles. The van der Waals surface area contributed by atoms with Gasteiger partial charge < -0.3 is 10.1 Å². The first kappa shape index (κ1) is 22.4. The molecule has 3 aromatic rings. The minimum Gasteiger partial charge on any atom is -0.491 e. The van der Waals surface area contributed by atoms with Crippen LogP contribution < -0.4 is 15.4 Å². The van der Waals surface area contributed by atoms with Gasteiger partial charge in [0.25, 0.3) is 5.91 Å². The van der Waals surface area contributed by atoms with Gasteiger partial charge in [-0.25, -0.2) is 9.37 Å². The molecule has 1 heterocycles. The van der Waals surface area contributed by atoms with Crippen molar-refractivity contribution in [2.45, 2.75) is 32.8 Å².